The van der Waals surface area contributed by atoms with E-state index in [0.717, 1.165) is 10.6 Å². The molecule has 3 rings (SSSR count). The zero-order chi connectivity index (χ0) is 18.5. The van der Waals surface area contributed by atoms with E-state index in [1.165, 1.54) is 7.11 Å². The molecule has 0 spiro atoms. The number of esters is 1. The average molecular weight is 382 g/mol. The van der Waals surface area contributed by atoms with Gasteiger partial charge in [0.05, 0.1) is 26.4 Å². The van der Waals surface area contributed by atoms with Crippen LogP contribution in [0.3, 0.4) is 0 Å². The van der Waals surface area contributed by atoms with Gasteiger partial charge in [0.1, 0.15) is 24.9 Å². The van der Waals surface area contributed by atoms with Crippen molar-refractivity contribution in [1.82, 2.24) is 5.32 Å². The molecular weight excluding hydrogens is 360 g/mol. The monoisotopic (exact) mass is 382 g/mol. The molecule has 0 radical (unpaired) electrons. The maximum absolute atomic E-state index is 12.3. The first kappa shape index (κ1) is 19.0. The number of hydrogen-bond donors (Lipinski definition) is 2. The predicted octanol–water partition coefficient (Wildman–Crippen LogP) is 1.25. The highest BCUT2D eigenvalue weighted by molar-refractivity contribution is 7.98. The molecule has 2 saturated heterocycles. The molecule has 2 aliphatic rings. The third kappa shape index (κ3) is 4.47. The molecule has 2 aliphatic heterocycles. The molecule has 0 aliphatic carbocycles. The number of carbonyl (C=O) groups excluding carboxylic acids is 2. The van der Waals surface area contributed by atoms with E-state index in [1.54, 1.807) is 11.8 Å². The van der Waals surface area contributed by atoms with E-state index in [4.69, 9.17) is 14.2 Å². The summed E-state index contributed by atoms with van der Waals surface area (Å²) in [4.78, 5) is 24.5. The van der Waals surface area contributed by atoms with Crippen LogP contribution in [0.2, 0.25) is 0 Å². The van der Waals surface area contributed by atoms with Crippen LogP contribution in [0, 0.1) is 0 Å². The Labute approximate surface area is 155 Å². The van der Waals surface area contributed by atoms with Crippen molar-refractivity contribution in [3.8, 4) is 0 Å². The molecule has 0 bridgehead atoms. The molecule has 0 aromatic heterocycles. The molecule has 26 heavy (non-hydrogen) atoms. The number of fused-ring (bicyclic) bond motifs is 1. The van der Waals surface area contributed by atoms with E-state index in [1.807, 2.05) is 30.5 Å². The normalized spacial score (nSPS) is 27.0. The largest absolute Gasteiger partial charge is 0.467 e. The number of urea groups is 1. The van der Waals surface area contributed by atoms with Gasteiger partial charge in [0, 0.05) is 10.6 Å². The second kappa shape index (κ2) is 8.72. The number of thioether (sulfide) groups is 1. The standard InChI is InChI=1S/C17H22N2O6S/c1-22-14(20)9-23-13-8-25-15-12(7-24-16(13)15)19-17(21)18-10-4-3-5-11(6-10)26-2/h3-6,12-13,15-16H,7-9H2,1-2H3,(H2,18,19,21). The SMILES string of the molecule is COC(=O)COC1COC2C(NC(=O)Nc3cccc(SC)c3)COC12. The van der Waals surface area contributed by atoms with Gasteiger partial charge in [-0.25, -0.2) is 9.59 Å². The zero-order valence-corrected chi connectivity index (χ0v) is 15.4. The summed E-state index contributed by atoms with van der Waals surface area (Å²) in [5, 5.41) is 5.69. The summed E-state index contributed by atoms with van der Waals surface area (Å²) < 4.78 is 21.5. The lowest BCUT2D eigenvalue weighted by Crippen LogP contribution is -2.46. The van der Waals surface area contributed by atoms with Gasteiger partial charge in [-0.15, -0.1) is 11.8 Å². The van der Waals surface area contributed by atoms with Crippen LogP contribution in [0.4, 0.5) is 10.5 Å². The zero-order valence-electron chi connectivity index (χ0n) is 14.6. The summed E-state index contributed by atoms with van der Waals surface area (Å²) in [6.07, 6.45) is 1.00. The van der Waals surface area contributed by atoms with Gasteiger partial charge in [-0.2, -0.15) is 0 Å². The number of rotatable bonds is 6. The van der Waals surface area contributed by atoms with E-state index < -0.39 is 5.97 Å². The molecule has 2 fully saturated rings. The van der Waals surface area contributed by atoms with Crippen LogP contribution in [0.15, 0.2) is 29.2 Å². The van der Waals surface area contributed by atoms with Crippen LogP contribution < -0.4 is 10.6 Å². The van der Waals surface area contributed by atoms with Crippen LogP contribution in [0.1, 0.15) is 0 Å². The molecule has 0 saturated carbocycles. The summed E-state index contributed by atoms with van der Waals surface area (Å²) in [5.74, 6) is -0.451. The highest BCUT2D eigenvalue weighted by Gasteiger charge is 2.49. The first-order valence-corrected chi connectivity index (χ1v) is 9.46. The number of ether oxygens (including phenoxy) is 4. The fourth-order valence-electron chi connectivity index (χ4n) is 3.00. The third-order valence-electron chi connectivity index (χ3n) is 4.30. The second-order valence-corrected chi connectivity index (χ2v) is 6.84. The number of anilines is 1. The van der Waals surface area contributed by atoms with Crippen molar-refractivity contribution in [1.29, 1.82) is 0 Å². The molecule has 142 valence electrons. The Kier molecular flexibility index (Phi) is 6.36. The van der Waals surface area contributed by atoms with Gasteiger partial charge in [-0.1, -0.05) is 6.07 Å². The van der Waals surface area contributed by atoms with Crippen molar-refractivity contribution >= 4 is 29.4 Å². The summed E-state index contributed by atoms with van der Waals surface area (Å²) in [6.45, 7) is 0.481. The van der Waals surface area contributed by atoms with E-state index >= 15 is 0 Å². The summed E-state index contributed by atoms with van der Waals surface area (Å²) >= 11 is 1.61. The molecule has 4 atom stereocenters. The summed E-state index contributed by atoms with van der Waals surface area (Å²) in [6, 6.07) is 7.00. The molecule has 9 heteroatoms. The number of methoxy groups -OCH3 is 1. The summed E-state index contributed by atoms with van der Waals surface area (Å²) in [7, 11) is 1.30. The minimum atomic E-state index is -0.451. The van der Waals surface area contributed by atoms with Crippen LogP contribution in [-0.2, 0) is 23.7 Å². The lowest BCUT2D eigenvalue weighted by molar-refractivity contribution is -0.150. The van der Waals surface area contributed by atoms with E-state index in [-0.39, 0.29) is 37.0 Å². The predicted molar refractivity (Wildman–Crippen MR) is 95.4 cm³/mol. The lowest BCUT2D eigenvalue weighted by Gasteiger charge is -2.18. The number of carbonyl (C=O) groups is 2. The fourth-order valence-corrected chi connectivity index (χ4v) is 3.46. The molecule has 1 aromatic carbocycles. The van der Waals surface area contributed by atoms with Crippen molar-refractivity contribution in [2.24, 2.45) is 0 Å². The van der Waals surface area contributed by atoms with Gasteiger partial charge in [0.15, 0.2) is 0 Å². The minimum absolute atomic E-state index is 0.151. The average Bonchev–Trinajstić information content (AvgIpc) is 3.23. The smallest absolute Gasteiger partial charge is 0.331 e. The quantitative estimate of drug-likeness (QED) is 0.565. The minimum Gasteiger partial charge on any atom is -0.467 e. The van der Waals surface area contributed by atoms with Gasteiger partial charge >= 0.3 is 12.0 Å². The number of hydrogen-bond acceptors (Lipinski definition) is 7. The Morgan fingerprint density at radius 2 is 2.08 bits per heavy atom. The van der Waals surface area contributed by atoms with Crippen molar-refractivity contribution in [2.75, 3.05) is 38.5 Å². The topological polar surface area (TPSA) is 95.1 Å². The fraction of sp³-hybridized carbons (Fsp3) is 0.529. The van der Waals surface area contributed by atoms with Crippen LogP contribution in [0.25, 0.3) is 0 Å². The van der Waals surface area contributed by atoms with Crippen molar-refractivity contribution < 1.29 is 28.5 Å². The molecule has 8 nitrogen and oxygen atoms in total. The Balaban J connectivity index is 1.50. The van der Waals surface area contributed by atoms with Crippen molar-refractivity contribution in [3.05, 3.63) is 24.3 Å². The van der Waals surface area contributed by atoms with Gasteiger partial charge in [0.2, 0.25) is 0 Å². The van der Waals surface area contributed by atoms with Crippen molar-refractivity contribution in [3.63, 3.8) is 0 Å². The van der Waals surface area contributed by atoms with Crippen LogP contribution in [0.5, 0.6) is 0 Å². The van der Waals surface area contributed by atoms with E-state index in [0.29, 0.717) is 13.2 Å². The first-order chi connectivity index (χ1) is 12.6. The van der Waals surface area contributed by atoms with Gasteiger partial charge in [0.25, 0.3) is 0 Å². The molecule has 1 aromatic rings. The Morgan fingerprint density at radius 3 is 2.85 bits per heavy atom. The number of benzene rings is 1. The number of amides is 2. The Hall–Kier alpha value is -1.81. The highest BCUT2D eigenvalue weighted by atomic mass is 32.2. The van der Waals surface area contributed by atoms with Gasteiger partial charge in [-0.05, 0) is 24.5 Å². The Morgan fingerprint density at radius 1 is 1.27 bits per heavy atom. The number of nitrogens with one attached hydrogen (secondary N) is 2. The maximum Gasteiger partial charge on any atom is 0.331 e. The summed E-state index contributed by atoms with van der Waals surface area (Å²) in [5.41, 5.74) is 0.719. The second-order valence-electron chi connectivity index (χ2n) is 5.96. The van der Waals surface area contributed by atoms with Gasteiger partial charge < -0.3 is 29.6 Å². The first-order valence-electron chi connectivity index (χ1n) is 8.24. The van der Waals surface area contributed by atoms with Crippen LogP contribution >= 0.6 is 11.8 Å². The third-order valence-corrected chi connectivity index (χ3v) is 5.02. The molecule has 4 unspecified atom stereocenters. The lowest BCUT2D eigenvalue weighted by atomic mass is 10.1. The molecule has 2 heterocycles. The highest BCUT2D eigenvalue weighted by Crippen LogP contribution is 2.29. The van der Waals surface area contributed by atoms with Crippen LogP contribution in [-0.4, -0.2) is 69.5 Å². The molecule has 2 amide bonds. The van der Waals surface area contributed by atoms with Crippen molar-refractivity contribution in [2.45, 2.75) is 29.2 Å². The van der Waals surface area contributed by atoms with Gasteiger partial charge in [-0.3, -0.25) is 0 Å². The molecular formula is C17H22N2O6S. The maximum atomic E-state index is 12.3. The van der Waals surface area contributed by atoms with E-state index in [9.17, 15) is 9.59 Å². The Bertz CT molecular complexity index is 658. The van der Waals surface area contributed by atoms with E-state index in [2.05, 4.69) is 15.4 Å². The molecule has 2 N–H and O–H groups in total.